The maximum atomic E-state index is 5.19. The molecule has 0 N–H and O–H groups in total. The van der Waals surface area contributed by atoms with Crippen LogP contribution in [0.4, 0.5) is 0 Å². The van der Waals surface area contributed by atoms with Crippen molar-refractivity contribution < 1.29 is 0 Å². The van der Waals surface area contributed by atoms with Crippen molar-refractivity contribution in [2.75, 3.05) is 0 Å². The molecule has 9 aromatic rings. The van der Waals surface area contributed by atoms with Gasteiger partial charge in [0.15, 0.2) is 17.5 Å². The van der Waals surface area contributed by atoms with Crippen LogP contribution < -0.4 is 0 Å². The van der Waals surface area contributed by atoms with Crippen LogP contribution in [0.15, 0.2) is 146 Å². The largest absolute Gasteiger partial charge is 0.246 e. The first kappa shape index (κ1) is 28.9. The molecule has 0 saturated heterocycles. The highest BCUT2D eigenvalue weighted by atomic mass is 32.1. The first-order valence-electron chi connectivity index (χ1n) is 16.9. The van der Waals surface area contributed by atoms with E-state index in [0.717, 1.165) is 38.9 Å². The van der Waals surface area contributed by atoms with Crippen molar-refractivity contribution in [3.63, 3.8) is 0 Å². The highest BCUT2D eigenvalue weighted by molar-refractivity contribution is 7.26. The average molecular weight is 659 g/mol. The van der Waals surface area contributed by atoms with E-state index in [2.05, 4.69) is 135 Å². The highest BCUT2D eigenvalue weighted by Crippen LogP contribution is 2.49. The van der Waals surface area contributed by atoms with Gasteiger partial charge in [-0.25, -0.2) is 19.9 Å². The molecule has 0 unspecified atom stereocenters. The van der Waals surface area contributed by atoms with Gasteiger partial charge in [0.25, 0.3) is 0 Å². The number of hydrogen-bond acceptors (Lipinski definition) is 5. The van der Waals surface area contributed by atoms with Crippen LogP contribution in [0.1, 0.15) is 25.0 Å². The summed E-state index contributed by atoms with van der Waals surface area (Å²) in [5.74, 6) is 1.98. The molecule has 0 atom stereocenters. The van der Waals surface area contributed by atoms with Gasteiger partial charge < -0.3 is 0 Å². The summed E-state index contributed by atoms with van der Waals surface area (Å²) in [6.45, 7) is 4.61. The predicted molar refractivity (Wildman–Crippen MR) is 207 cm³/mol. The number of nitrogens with zero attached hydrogens (tertiary/aromatic N) is 4. The summed E-state index contributed by atoms with van der Waals surface area (Å²) in [6, 6.07) is 51.1. The second-order valence-corrected chi connectivity index (χ2v) is 14.5. The fourth-order valence-corrected chi connectivity index (χ4v) is 8.82. The molecule has 0 spiro atoms. The summed E-state index contributed by atoms with van der Waals surface area (Å²) < 4.78 is 2.39. The highest BCUT2D eigenvalue weighted by Gasteiger charge is 2.35. The zero-order valence-corrected chi connectivity index (χ0v) is 28.4. The van der Waals surface area contributed by atoms with Crippen LogP contribution in [-0.4, -0.2) is 19.9 Å². The van der Waals surface area contributed by atoms with Gasteiger partial charge in [-0.3, -0.25) is 0 Å². The summed E-state index contributed by atoms with van der Waals surface area (Å²) in [7, 11) is 0. The number of thiophene rings is 1. The third kappa shape index (κ3) is 4.44. The fourth-order valence-electron chi connectivity index (χ4n) is 7.61. The molecule has 5 heteroatoms. The zero-order chi connectivity index (χ0) is 33.4. The van der Waals surface area contributed by atoms with Gasteiger partial charge in [0, 0.05) is 48.5 Å². The lowest BCUT2D eigenvalue weighted by atomic mass is 9.82. The Hall–Kier alpha value is -6.04. The number of para-hydroxylation sites is 1. The van der Waals surface area contributed by atoms with Crippen molar-refractivity contribution in [3.8, 4) is 56.5 Å². The number of benzene rings is 6. The van der Waals surface area contributed by atoms with Crippen molar-refractivity contribution in [2.24, 2.45) is 0 Å². The van der Waals surface area contributed by atoms with Crippen LogP contribution in [0.25, 0.3) is 87.6 Å². The lowest BCUT2D eigenvalue weighted by Crippen LogP contribution is -2.15. The summed E-state index contributed by atoms with van der Waals surface area (Å²) >= 11 is 1.79. The van der Waals surface area contributed by atoms with E-state index in [-0.39, 0.29) is 5.41 Å². The molecule has 0 aliphatic heterocycles. The molecule has 6 aromatic carbocycles. The third-order valence-electron chi connectivity index (χ3n) is 10.1. The third-order valence-corrected chi connectivity index (χ3v) is 11.3. The first-order valence-corrected chi connectivity index (χ1v) is 17.7. The molecular weight excluding hydrogens is 629 g/mol. The Morgan fingerprint density at radius 1 is 0.460 bits per heavy atom. The molecule has 236 valence electrons. The van der Waals surface area contributed by atoms with E-state index in [1.165, 1.54) is 42.4 Å². The molecule has 1 aliphatic rings. The second-order valence-electron chi connectivity index (χ2n) is 13.5. The maximum absolute atomic E-state index is 5.19. The molecule has 1 aliphatic carbocycles. The Bertz CT molecular complexity index is 2780. The van der Waals surface area contributed by atoms with Crippen LogP contribution in [0.2, 0.25) is 0 Å². The van der Waals surface area contributed by atoms with Crippen molar-refractivity contribution >= 4 is 42.4 Å². The van der Waals surface area contributed by atoms with Gasteiger partial charge >= 0.3 is 0 Å². The Morgan fingerprint density at radius 3 is 1.84 bits per heavy atom. The maximum Gasteiger partial charge on any atom is 0.164 e. The number of hydrogen-bond donors (Lipinski definition) is 0. The van der Waals surface area contributed by atoms with Crippen molar-refractivity contribution in [3.05, 3.63) is 157 Å². The van der Waals surface area contributed by atoms with Crippen LogP contribution in [0.5, 0.6) is 0 Å². The molecule has 3 aromatic heterocycles. The number of aromatic nitrogens is 4. The van der Waals surface area contributed by atoms with Crippen LogP contribution >= 0.6 is 11.3 Å². The van der Waals surface area contributed by atoms with E-state index in [0.29, 0.717) is 17.5 Å². The summed E-state index contributed by atoms with van der Waals surface area (Å²) in [5, 5.41) is 3.54. The standard InChI is InChI=1S/C45H30N4S/c1-45(2)35-19-11-9-17-31(35)32-23-21-30(26-36(32)45)44-48-42(28-15-7-4-8-16-28)47-43(49-44)29-22-24-38-34(25-29)39-33-18-10-12-20-37(33)46-40(41(39)50-38)27-13-5-3-6-14-27/h3-26H,1-2H3. The Balaban J connectivity index is 1.19. The smallest absolute Gasteiger partial charge is 0.164 e. The fraction of sp³-hybridized carbons (Fsp3) is 0.0667. The molecule has 0 fully saturated rings. The summed E-state index contributed by atoms with van der Waals surface area (Å²) in [5.41, 5.74) is 11.1. The Kier molecular flexibility index (Phi) is 6.36. The molecule has 0 radical (unpaired) electrons. The topological polar surface area (TPSA) is 51.6 Å². The van der Waals surface area contributed by atoms with Gasteiger partial charge in [-0.05, 0) is 52.6 Å². The van der Waals surface area contributed by atoms with Gasteiger partial charge in [0.05, 0.1) is 15.9 Å². The second kappa shape index (κ2) is 11.0. The van der Waals surface area contributed by atoms with Crippen LogP contribution in [-0.2, 0) is 5.41 Å². The number of pyridine rings is 1. The molecule has 0 bridgehead atoms. The van der Waals surface area contributed by atoms with Crippen LogP contribution in [0, 0.1) is 0 Å². The molecule has 10 rings (SSSR count). The van der Waals surface area contributed by atoms with E-state index in [9.17, 15) is 0 Å². The molecule has 50 heavy (non-hydrogen) atoms. The number of fused-ring (bicyclic) bond motifs is 8. The van der Waals surface area contributed by atoms with Crippen molar-refractivity contribution in [1.29, 1.82) is 0 Å². The van der Waals surface area contributed by atoms with Crippen molar-refractivity contribution in [1.82, 2.24) is 19.9 Å². The van der Waals surface area contributed by atoms with E-state index in [1.54, 1.807) is 11.3 Å². The van der Waals surface area contributed by atoms with Gasteiger partial charge in [0.1, 0.15) is 0 Å². The predicted octanol–water partition coefficient (Wildman–Crippen LogP) is 11.8. The SMILES string of the molecule is CC1(C)c2ccccc2-c2ccc(-c3nc(-c4ccccc4)nc(-c4ccc5sc6c(-c7ccccc7)nc7ccccc7c6c5c4)n3)cc21. The minimum absolute atomic E-state index is 0.124. The lowest BCUT2D eigenvalue weighted by molar-refractivity contribution is 0.660. The van der Waals surface area contributed by atoms with Gasteiger partial charge in [-0.15, -0.1) is 11.3 Å². The monoisotopic (exact) mass is 658 g/mol. The minimum atomic E-state index is -0.124. The van der Waals surface area contributed by atoms with Gasteiger partial charge in [0.2, 0.25) is 0 Å². The number of rotatable bonds is 4. The van der Waals surface area contributed by atoms with Gasteiger partial charge in [-0.2, -0.15) is 0 Å². The normalized spacial score (nSPS) is 13.2. The quantitative estimate of drug-likeness (QED) is 0.189. The average Bonchev–Trinajstić information content (AvgIpc) is 3.67. The lowest BCUT2D eigenvalue weighted by Gasteiger charge is -2.21. The van der Waals surface area contributed by atoms with Gasteiger partial charge in [-0.1, -0.05) is 129 Å². The minimum Gasteiger partial charge on any atom is -0.246 e. The molecular formula is C45H30N4S. The molecule has 3 heterocycles. The molecule has 0 amide bonds. The van der Waals surface area contributed by atoms with E-state index < -0.39 is 0 Å². The van der Waals surface area contributed by atoms with E-state index in [4.69, 9.17) is 19.9 Å². The summed E-state index contributed by atoms with van der Waals surface area (Å²) in [6.07, 6.45) is 0. The molecule has 4 nitrogen and oxygen atoms in total. The zero-order valence-electron chi connectivity index (χ0n) is 27.6. The van der Waals surface area contributed by atoms with Crippen molar-refractivity contribution in [2.45, 2.75) is 19.3 Å². The molecule has 0 saturated carbocycles. The Labute approximate surface area is 293 Å². The summed E-state index contributed by atoms with van der Waals surface area (Å²) in [4.78, 5) is 20.5. The van der Waals surface area contributed by atoms with Crippen LogP contribution in [0.3, 0.4) is 0 Å². The van der Waals surface area contributed by atoms with E-state index >= 15 is 0 Å². The first-order chi connectivity index (χ1) is 24.5. The van der Waals surface area contributed by atoms with E-state index in [1.807, 2.05) is 24.3 Å². The Morgan fingerprint density at radius 2 is 1.06 bits per heavy atom.